The normalized spacial score (nSPS) is 11.5. The molecule has 0 aliphatic carbocycles. The Bertz CT molecular complexity index is 1140. The van der Waals surface area contributed by atoms with Crippen LogP contribution in [0.1, 0.15) is 5.56 Å². The van der Waals surface area contributed by atoms with Crippen LogP contribution < -0.4 is 10.6 Å². The highest BCUT2D eigenvalue weighted by Gasteiger charge is 2.30. The highest BCUT2D eigenvalue weighted by atomic mass is 32.2. The van der Waals surface area contributed by atoms with E-state index in [0.29, 0.717) is 5.69 Å². The zero-order valence-electron chi connectivity index (χ0n) is 16.0. The van der Waals surface area contributed by atoms with Crippen LogP contribution in [-0.2, 0) is 11.0 Å². The standard InChI is InChI=1S/C23H16F3N3OS/c24-23(25,26)17-7-6-8-18(13-17)29-22(30)16(14-27)15-28-20-11-4-5-12-21(20)31-19-9-2-1-3-10-19/h1-13,15,28H,(H,29,30)/b16-15-. The van der Waals surface area contributed by atoms with Gasteiger partial charge in [-0.25, -0.2) is 0 Å². The first kappa shape index (κ1) is 22.0. The number of amides is 1. The van der Waals surface area contributed by atoms with Crippen LogP contribution in [0.4, 0.5) is 24.5 Å². The van der Waals surface area contributed by atoms with Crippen molar-refractivity contribution in [3.05, 3.63) is 96.2 Å². The molecule has 0 radical (unpaired) electrons. The molecule has 0 aliphatic rings. The van der Waals surface area contributed by atoms with Gasteiger partial charge in [-0.15, -0.1) is 0 Å². The summed E-state index contributed by atoms with van der Waals surface area (Å²) in [7, 11) is 0. The highest BCUT2D eigenvalue weighted by molar-refractivity contribution is 7.99. The van der Waals surface area contributed by atoms with E-state index >= 15 is 0 Å². The van der Waals surface area contributed by atoms with Crippen LogP contribution in [0.3, 0.4) is 0 Å². The number of benzene rings is 3. The van der Waals surface area contributed by atoms with Crippen molar-refractivity contribution < 1.29 is 18.0 Å². The SMILES string of the molecule is N#C/C(=C/Nc1ccccc1Sc1ccccc1)C(=O)Nc1cccc(C(F)(F)F)c1. The van der Waals surface area contributed by atoms with Crippen molar-refractivity contribution in [2.24, 2.45) is 0 Å². The largest absolute Gasteiger partial charge is 0.416 e. The van der Waals surface area contributed by atoms with Gasteiger partial charge in [0.2, 0.25) is 0 Å². The smallest absolute Gasteiger partial charge is 0.359 e. The summed E-state index contributed by atoms with van der Waals surface area (Å²) in [5.41, 5.74) is -0.549. The van der Waals surface area contributed by atoms with E-state index in [-0.39, 0.29) is 11.3 Å². The maximum atomic E-state index is 12.8. The summed E-state index contributed by atoms with van der Waals surface area (Å²) in [6.07, 6.45) is -3.30. The molecule has 3 aromatic carbocycles. The first-order chi connectivity index (χ1) is 14.9. The maximum absolute atomic E-state index is 12.8. The first-order valence-corrected chi connectivity index (χ1v) is 9.86. The molecule has 0 atom stereocenters. The molecule has 0 heterocycles. The predicted molar refractivity (Wildman–Crippen MR) is 114 cm³/mol. The summed E-state index contributed by atoms with van der Waals surface area (Å²) in [6.45, 7) is 0. The Hall–Kier alpha value is -3.70. The number of rotatable bonds is 6. The molecule has 2 N–H and O–H groups in total. The molecule has 0 unspecified atom stereocenters. The number of nitrogens with zero attached hydrogens (tertiary/aromatic N) is 1. The summed E-state index contributed by atoms with van der Waals surface area (Å²) in [4.78, 5) is 14.3. The summed E-state index contributed by atoms with van der Waals surface area (Å²) in [6, 6.07) is 23.0. The lowest BCUT2D eigenvalue weighted by atomic mass is 10.2. The highest BCUT2D eigenvalue weighted by Crippen LogP contribution is 2.33. The molecule has 0 aliphatic heterocycles. The van der Waals surface area contributed by atoms with Gasteiger partial charge in [0.15, 0.2) is 0 Å². The summed E-state index contributed by atoms with van der Waals surface area (Å²) in [5.74, 6) is -0.817. The van der Waals surface area contributed by atoms with Crippen molar-refractivity contribution >= 4 is 29.0 Å². The third-order valence-corrected chi connectivity index (χ3v) is 5.13. The second-order valence-corrected chi connectivity index (χ2v) is 7.37. The molecule has 8 heteroatoms. The molecule has 0 spiro atoms. The van der Waals surface area contributed by atoms with Gasteiger partial charge < -0.3 is 10.6 Å². The van der Waals surface area contributed by atoms with Crippen LogP contribution in [0.15, 0.2) is 100 Å². The second-order valence-electron chi connectivity index (χ2n) is 6.26. The molecule has 31 heavy (non-hydrogen) atoms. The van der Waals surface area contributed by atoms with Crippen molar-refractivity contribution in [3.63, 3.8) is 0 Å². The minimum Gasteiger partial charge on any atom is -0.359 e. The lowest BCUT2D eigenvalue weighted by Crippen LogP contribution is -2.15. The van der Waals surface area contributed by atoms with Crippen LogP contribution in [0, 0.1) is 11.3 Å². The van der Waals surface area contributed by atoms with Crippen molar-refractivity contribution in [1.82, 2.24) is 0 Å². The van der Waals surface area contributed by atoms with Gasteiger partial charge in [0.1, 0.15) is 11.6 Å². The number of nitrogens with one attached hydrogen (secondary N) is 2. The van der Waals surface area contributed by atoms with E-state index < -0.39 is 17.6 Å². The first-order valence-electron chi connectivity index (χ1n) is 9.04. The van der Waals surface area contributed by atoms with E-state index in [0.717, 1.165) is 21.9 Å². The van der Waals surface area contributed by atoms with E-state index in [2.05, 4.69) is 10.6 Å². The fraction of sp³-hybridized carbons (Fsp3) is 0.0435. The van der Waals surface area contributed by atoms with Crippen LogP contribution in [-0.4, -0.2) is 5.91 Å². The number of anilines is 2. The average molecular weight is 439 g/mol. The van der Waals surface area contributed by atoms with Crippen molar-refractivity contribution in [1.29, 1.82) is 5.26 Å². The van der Waals surface area contributed by atoms with Gasteiger partial charge >= 0.3 is 6.18 Å². The minimum atomic E-state index is -4.53. The van der Waals surface area contributed by atoms with E-state index in [1.165, 1.54) is 30.1 Å². The Labute approximate surface area is 181 Å². The van der Waals surface area contributed by atoms with E-state index in [9.17, 15) is 23.2 Å². The van der Waals surface area contributed by atoms with Gasteiger partial charge in [-0.3, -0.25) is 4.79 Å². The van der Waals surface area contributed by atoms with E-state index in [1.54, 1.807) is 18.2 Å². The molecule has 0 aromatic heterocycles. The van der Waals surface area contributed by atoms with Gasteiger partial charge in [-0.2, -0.15) is 18.4 Å². The molecule has 0 saturated carbocycles. The quantitative estimate of drug-likeness (QED) is 0.349. The van der Waals surface area contributed by atoms with Crippen LogP contribution in [0.25, 0.3) is 0 Å². The summed E-state index contributed by atoms with van der Waals surface area (Å²) < 4.78 is 38.5. The Morgan fingerprint density at radius 2 is 1.68 bits per heavy atom. The number of halogens is 3. The van der Waals surface area contributed by atoms with Gasteiger partial charge in [0.05, 0.1) is 11.3 Å². The van der Waals surface area contributed by atoms with Crippen LogP contribution >= 0.6 is 11.8 Å². The Morgan fingerprint density at radius 1 is 0.968 bits per heavy atom. The Kier molecular flexibility index (Phi) is 7.00. The Balaban J connectivity index is 1.74. The number of carbonyl (C=O) groups is 1. The fourth-order valence-electron chi connectivity index (χ4n) is 2.56. The second kappa shape index (κ2) is 9.87. The number of alkyl halides is 3. The number of hydrogen-bond acceptors (Lipinski definition) is 4. The molecule has 0 saturated heterocycles. The topological polar surface area (TPSA) is 64.9 Å². The predicted octanol–water partition coefficient (Wildman–Crippen LogP) is 6.31. The lowest BCUT2D eigenvalue weighted by Gasteiger charge is -2.11. The number of para-hydroxylation sites is 1. The van der Waals surface area contributed by atoms with Crippen LogP contribution in [0.2, 0.25) is 0 Å². The van der Waals surface area contributed by atoms with Crippen molar-refractivity contribution in [2.75, 3.05) is 10.6 Å². The Morgan fingerprint density at radius 3 is 2.39 bits per heavy atom. The van der Waals surface area contributed by atoms with Gasteiger partial charge in [0, 0.05) is 21.7 Å². The third kappa shape index (κ3) is 6.14. The molecule has 3 rings (SSSR count). The molecular weight excluding hydrogens is 423 g/mol. The van der Waals surface area contributed by atoms with E-state index in [1.807, 2.05) is 42.5 Å². The number of carbonyl (C=O) groups excluding carboxylic acids is 1. The van der Waals surface area contributed by atoms with E-state index in [4.69, 9.17) is 0 Å². The number of nitriles is 1. The average Bonchev–Trinajstić information content (AvgIpc) is 2.75. The van der Waals surface area contributed by atoms with Crippen molar-refractivity contribution in [3.8, 4) is 6.07 Å². The molecule has 4 nitrogen and oxygen atoms in total. The molecular formula is C23H16F3N3OS. The molecule has 1 amide bonds. The van der Waals surface area contributed by atoms with Crippen molar-refractivity contribution in [2.45, 2.75) is 16.0 Å². The lowest BCUT2D eigenvalue weighted by molar-refractivity contribution is -0.137. The minimum absolute atomic E-state index is 0.0546. The maximum Gasteiger partial charge on any atom is 0.416 e. The fourth-order valence-corrected chi connectivity index (χ4v) is 3.49. The zero-order chi connectivity index (χ0) is 22.3. The molecule has 0 bridgehead atoms. The monoisotopic (exact) mass is 439 g/mol. The van der Waals surface area contributed by atoms with Crippen LogP contribution in [0.5, 0.6) is 0 Å². The zero-order valence-corrected chi connectivity index (χ0v) is 16.8. The van der Waals surface area contributed by atoms with Gasteiger partial charge in [-0.05, 0) is 42.5 Å². The molecule has 0 fully saturated rings. The summed E-state index contributed by atoms with van der Waals surface area (Å²) in [5, 5.41) is 14.6. The third-order valence-electron chi connectivity index (χ3n) is 4.04. The molecule has 156 valence electrons. The summed E-state index contributed by atoms with van der Waals surface area (Å²) >= 11 is 1.51. The van der Waals surface area contributed by atoms with Gasteiger partial charge in [-0.1, -0.05) is 48.2 Å². The van der Waals surface area contributed by atoms with Gasteiger partial charge in [0.25, 0.3) is 5.91 Å². The number of hydrogen-bond donors (Lipinski definition) is 2. The molecule has 3 aromatic rings.